The van der Waals surface area contributed by atoms with Gasteiger partial charge >= 0.3 is 0 Å². The molecule has 1 aliphatic rings. The van der Waals surface area contributed by atoms with Crippen molar-refractivity contribution in [1.29, 1.82) is 0 Å². The number of nitrogens with one attached hydrogen (secondary N) is 1. The Kier molecular flexibility index (Phi) is 7.12. The molecule has 0 aromatic heterocycles. The lowest BCUT2D eigenvalue weighted by molar-refractivity contribution is 0.0342. The van der Waals surface area contributed by atoms with Gasteiger partial charge in [0.25, 0.3) is 5.91 Å². The van der Waals surface area contributed by atoms with Gasteiger partial charge in [0.2, 0.25) is 10.0 Å². The summed E-state index contributed by atoms with van der Waals surface area (Å²) in [5, 5.41) is 2.95. The van der Waals surface area contributed by atoms with Gasteiger partial charge in [-0.25, -0.2) is 8.42 Å². The number of anilines is 1. The molecule has 0 atom stereocenters. The minimum Gasteiger partial charge on any atom is -0.379 e. The summed E-state index contributed by atoms with van der Waals surface area (Å²) in [6, 6.07) is 13.2. The third-order valence-electron chi connectivity index (χ3n) is 5.25. The van der Waals surface area contributed by atoms with Crippen LogP contribution in [-0.2, 0) is 27.8 Å². The monoisotopic (exact) mass is 431 g/mol. The zero-order chi connectivity index (χ0) is 21.7. The molecule has 30 heavy (non-hydrogen) atoms. The van der Waals surface area contributed by atoms with Gasteiger partial charge in [0.1, 0.15) is 0 Å². The summed E-state index contributed by atoms with van der Waals surface area (Å²) in [5.41, 5.74) is 4.04. The molecule has 1 aliphatic heterocycles. The summed E-state index contributed by atoms with van der Waals surface area (Å²) < 4.78 is 30.1. The highest BCUT2D eigenvalue weighted by Crippen LogP contribution is 2.22. The smallest absolute Gasteiger partial charge is 0.251 e. The molecule has 0 saturated carbocycles. The van der Waals surface area contributed by atoms with Gasteiger partial charge in [0.05, 0.1) is 25.2 Å². The van der Waals surface area contributed by atoms with E-state index < -0.39 is 10.0 Å². The lowest BCUT2D eigenvalue weighted by atomic mass is 10.1. The Hall–Kier alpha value is -2.42. The molecule has 0 bridgehead atoms. The fourth-order valence-corrected chi connectivity index (χ4v) is 4.03. The molecule has 1 heterocycles. The number of benzene rings is 2. The maximum Gasteiger partial charge on any atom is 0.251 e. The van der Waals surface area contributed by atoms with E-state index in [1.54, 1.807) is 25.1 Å². The van der Waals surface area contributed by atoms with Crippen molar-refractivity contribution in [3.8, 4) is 0 Å². The number of ether oxygens (including phenoxy) is 1. The minimum atomic E-state index is -3.35. The van der Waals surface area contributed by atoms with Gasteiger partial charge in [-0.05, 0) is 41.8 Å². The highest BCUT2D eigenvalue weighted by molar-refractivity contribution is 7.92. The Morgan fingerprint density at radius 3 is 2.50 bits per heavy atom. The first-order valence-corrected chi connectivity index (χ1v) is 11.8. The maximum absolute atomic E-state index is 12.6. The van der Waals surface area contributed by atoms with E-state index in [0.29, 0.717) is 17.8 Å². The first-order chi connectivity index (χ1) is 14.2. The molecular weight excluding hydrogens is 402 g/mol. The maximum atomic E-state index is 12.6. The largest absolute Gasteiger partial charge is 0.379 e. The number of rotatable bonds is 7. The van der Waals surface area contributed by atoms with E-state index in [4.69, 9.17) is 4.74 Å². The summed E-state index contributed by atoms with van der Waals surface area (Å²) in [6.07, 6.45) is 1.15. The van der Waals surface area contributed by atoms with Crippen LogP contribution in [0.1, 0.15) is 27.0 Å². The first-order valence-electron chi connectivity index (χ1n) is 9.95. The van der Waals surface area contributed by atoms with Gasteiger partial charge in [0.15, 0.2) is 0 Å². The van der Waals surface area contributed by atoms with Crippen molar-refractivity contribution in [2.75, 3.05) is 43.9 Å². The molecule has 0 radical (unpaired) electrons. The number of sulfonamides is 1. The summed E-state index contributed by atoms with van der Waals surface area (Å²) >= 11 is 0. The third kappa shape index (κ3) is 5.81. The van der Waals surface area contributed by atoms with Crippen molar-refractivity contribution in [3.05, 3.63) is 64.7 Å². The van der Waals surface area contributed by atoms with Gasteiger partial charge in [-0.1, -0.05) is 24.3 Å². The Balaban J connectivity index is 1.61. The summed E-state index contributed by atoms with van der Waals surface area (Å²) in [7, 11) is -1.85. The van der Waals surface area contributed by atoms with Crippen molar-refractivity contribution < 1.29 is 17.9 Å². The van der Waals surface area contributed by atoms with Gasteiger partial charge in [-0.15, -0.1) is 0 Å². The molecule has 7 nitrogen and oxygen atoms in total. The molecule has 1 N–H and O–H groups in total. The predicted molar refractivity (Wildman–Crippen MR) is 118 cm³/mol. The molecule has 8 heteroatoms. The normalized spacial score (nSPS) is 15.0. The molecule has 1 amide bonds. The summed E-state index contributed by atoms with van der Waals surface area (Å²) in [5.74, 6) is -0.190. The highest BCUT2D eigenvalue weighted by atomic mass is 32.2. The molecule has 1 fully saturated rings. The molecule has 2 aromatic carbocycles. The number of hydrogen-bond donors (Lipinski definition) is 1. The quantitative estimate of drug-likeness (QED) is 0.727. The average Bonchev–Trinajstić information content (AvgIpc) is 2.72. The number of carbonyl (C=O) groups excluding carboxylic acids is 1. The van der Waals surface area contributed by atoms with Gasteiger partial charge < -0.3 is 10.1 Å². The molecule has 0 unspecified atom stereocenters. The lowest BCUT2D eigenvalue weighted by Gasteiger charge is -2.26. The second-order valence-corrected chi connectivity index (χ2v) is 9.64. The number of hydrogen-bond acceptors (Lipinski definition) is 5. The fourth-order valence-electron chi connectivity index (χ4n) is 3.47. The highest BCUT2D eigenvalue weighted by Gasteiger charge is 2.16. The zero-order valence-corrected chi connectivity index (χ0v) is 18.5. The van der Waals surface area contributed by atoms with Crippen molar-refractivity contribution in [3.63, 3.8) is 0 Å². The number of nitrogens with zero attached hydrogens (tertiary/aromatic N) is 2. The average molecular weight is 432 g/mol. The number of amides is 1. The van der Waals surface area contributed by atoms with Crippen LogP contribution in [0.25, 0.3) is 0 Å². The predicted octanol–water partition coefficient (Wildman–Crippen LogP) is 2.15. The number of carbonyl (C=O) groups is 1. The van der Waals surface area contributed by atoms with E-state index in [1.807, 2.05) is 12.1 Å². The lowest BCUT2D eigenvalue weighted by Crippen LogP contribution is -2.35. The van der Waals surface area contributed by atoms with Crippen LogP contribution in [0.4, 0.5) is 5.69 Å². The second-order valence-electron chi connectivity index (χ2n) is 7.62. The molecule has 162 valence electrons. The summed E-state index contributed by atoms with van der Waals surface area (Å²) in [4.78, 5) is 14.9. The Morgan fingerprint density at radius 1 is 1.13 bits per heavy atom. The molecule has 0 spiro atoms. The molecular formula is C22H29N3O4S. The van der Waals surface area contributed by atoms with Gasteiger partial charge in [-0.2, -0.15) is 0 Å². The molecule has 2 aromatic rings. The van der Waals surface area contributed by atoms with E-state index in [-0.39, 0.29) is 5.91 Å². The van der Waals surface area contributed by atoms with Crippen LogP contribution >= 0.6 is 0 Å². The van der Waals surface area contributed by atoms with E-state index in [2.05, 4.69) is 22.3 Å². The van der Waals surface area contributed by atoms with Crippen LogP contribution in [0.3, 0.4) is 0 Å². The van der Waals surface area contributed by atoms with E-state index in [0.717, 1.165) is 50.2 Å². The minimum absolute atomic E-state index is 0.190. The number of morpholine rings is 1. The van der Waals surface area contributed by atoms with Crippen LogP contribution in [0.5, 0.6) is 0 Å². The topological polar surface area (TPSA) is 79.0 Å². The Bertz CT molecular complexity index is 1000. The third-order valence-corrected chi connectivity index (χ3v) is 6.44. The zero-order valence-electron chi connectivity index (χ0n) is 17.7. The second kappa shape index (κ2) is 9.59. The van der Waals surface area contributed by atoms with Crippen molar-refractivity contribution in [2.45, 2.75) is 20.0 Å². The first kappa shape index (κ1) is 22.3. The molecule has 0 aliphatic carbocycles. The fraction of sp³-hybridized carbons (Fsp3) is 0.409. The van der Waals surface area contributed by atoms with Gasteiger partial charge in [0, 0.05) is 38.8 Å². The summed E-state index contributed by atoms with van der Waals surface area (Å²) in [6.45, 7) is 6.51. The number of aryl methyl sites for hydroxylation is 1. The Morgan fingerprint density at radius 2 is 1.83 bits per heavy atom. The van der Waals surface area contributed by atoms with Crippen LogP contribution < -0.4 is 9.62 Å². The molecule has 1 saturated heterocycles. The van der Waals surface area contributed by atoms with Crippen LogP contribution in [-0.4, -0.2) is 58.8 Å². The van der Waals surface area contributed by atoms with E-state index in [1.165, 1.54) is 16.9 Å². The Labute approximate surface area is 178 Å². The van der Waals surface area contributed by atoms with Crippen LogP contribution in [0.2, 0.25) is 0 Å². The van der Waals surface area contributed by atoms with E-state index >= 15 is 0 Å². The van der Waals surface area contributed by atoms with Crippen LogP contribution in [0, 0.1) is 6.92 Å². The SMILES string of the molecule is Cc1cc(C(=O)NCc2cccc(CN3CCOCC3)c2)ccc1N(C)S(C)(=O)=O. The van der Waals surface area contributed by atoms with Crippen molar-refractivity contribution >= 4 is 21.6 Å². The molecule has 3 rings (SSSR count). The standard InChI is InChI=1S/C22H29N3O4S/c1-17-13-20(7-8-21(17)24(2)30(3,27)28)22(26)23-15-18-5-4-6-19(14-18)16-25-9-11-29-12-10-25/h4-8,13-14H,9-12,15-16H2,1-3H3,(H,23,26). The van der Waals surface area contributed by atoms with E-state index in [9.17, 15) is 13.2 Å². The van der Waals surface area contributed by atoms with Crippen molar-refractivity contribution in [2.24, 2.45) is 0 Å². The van der Waals surface area contributed by atoms with Crippen LogP contribution in [0.15, 0.2) is 42.5 Å². The van der Waals surface area contributed by atoms with Gasteiger partial charge in [-0.3, -0.25) is 14.0 Å². The van der Waals surface area contributed by atoms with Crippen molar-refractivity contribution in [1.82, 2.24) is 10.2 Å².